The summed E-state index contributed by atoms with van der Waals surface area (Å²) in [5.74, 6) is -0.549. The fourth-order valence-electron chi connectivity index (χ4n) is 2.94. The number of hydrogen-bond acceptors (Lipinski definition) is 3. The number of amides is 2. The molecule has 1 saturated heterocycles. The van der Waals surface area contributed by atoms with Gasteiger partial charge in [-0.05, 0) is 24.5 Å². The van der Waals surface area contributed by atoms with Crippen LogP contribution in [0.4, 0.5) is 5.69 Å². The molecule has 3 rings (SSSR count). The molecule has 19 heavy (non-hydrogen) atoms. The van der Waals surface area contributed by atoms with Gasteiger partial charge >= 0.3 is 0 Å². The second-order valence-electron chi connectivity index (χ2n) is 5.00. The first-order valence-electron chi connectivity index (χ1n) is 6.55. The van der Waals surface area contributed by atoms with E-state index in [4.69, 9.17) is 5.73 Å². The van der Waals surface area contributed by atoms with Crippen molar-refractivity contribution in [1.29, 1.82) is 0 Å². The zero-order chi connectivity index (χ0) is 13.4. The van der Waals surface area contributed by atoms with Gasteiger partial charge in [0.15, 0.2) is 0 Å². The summed E-state index contributed by atoms with van der Waals surface area (Å²) in [6.07, 6.45) is 5.31. The lowest BCUT2D eigenvalue weighted by molar-refractivity contribution is -0.122. The molecule has 1 heterocycles. The number of para-hydroxylation sites is 1. The molecule has 4 nitrogen and oxygen atoms in total. The molecule has 4 heteroatoms. The minimum Gasteiger partial charge on any atom is -0.326 e. The van der Waals surface area contributed by atoms with Crippen molar-refractivity contribution in [2.75, 3.05) is 4.90 Å². The maximum absolute atomic E-state index is 12.4. The Kier molecular flexibility index (Phi) is 2.95. The van der Waals surface area contributed by atoms with Crippen molar-refractivity contribution in [2.45, 2.75) is 19.4 Å². The van der Waals surface area contributed by atoms with Crippen LogP contribution in [0, 0.1) is 11.8 Å². The Morgan fingerprint density at radius 3 is 2.21 bits per heavy atom. The summed E-state index contributed by atoms with van der Waals surface area (Å²) in [4.78, 5) is 26.2. The van der Waals surface area contributed by atoms with Gasteiger partial charge in [0.1, 0.15) is 0 Å². The van der Waals surface area contributed by atoms with E-state index in [1.807, 2.05) is 30.4 Å². The summed E-state index contributed by atoms with van der Waals surface area (Å²) in [7, 11) is 0. The number of rotatable bonds is 2. The molecule has 2 amide bonds. The highest BCUT2D eigenvalue weighted by Crippen LogP contribution is 2.38. The highest BCUT2D eigenvalue weighted by atomic mass is 16.2. The number of imide groups is 1. The molecule has 2 aliphatic rings. The van der Waals surface area contributed by atoms with Crippen LogP contribution in [-0.4, -0.2) is 11.8 Å². The number of fused-ring (bicyclic) bond motifs is 1. The molecule has 1 aliphatic heterocycles. The van der Waals surface area contributed by atoms with Gasteiger partial charge in [-0.3, -0.25) is 9.59 Å². The molecule has 0 radical (unpaired) electrons. The number of carbonyl (C=O) groups is 2. The summed E-state index contributed by atoms with van der Waals surface area (Å²) in [5.41, 5.74) is 7.17. The molecule has 2 atom stereocenters. The summed E-state index contributed by atoms with van der Waals surface area (Å²) in [5, 5.41) is 0. The molecule has 0 unspecified atom stereocenters. The normalized spacial score (nSPS) is 25.8. The second-order valence-corrected chi connectivity index (χ2v) is 5.00. The monoisotopic (exact) mass is 256 g/mol. The van der Waals surface area contributed by atoms with E-state index in [0.29, 0.717) is 25.1 Å². The van der Waals surface area contributed by atoms with Gasteiger partial charge in [-0.1, -0.05) is 30.4 Å². The fourth-order valence-corrected chi connectivity index (χ4v) is 2.94. The largest absolute Gasteiger partial charge is 0.326 e. The van der Waals surface area contributed by atoms with Crippen LogP contribution in [0.1, 0.15) is 18.4 Å². The zero-order valence-electron chi connectivity index (χ0n) is 10.6. The number of hydrogen-bond donors (Lipinski definition) is 1. The van der Waals surface area contributed by atoms with E-state index in [2.05, 4.69) is 0 Å². The summed E-state index contributed by atoms with van der Waals surface area (Å²) in [6, 6.07) is 7.35. The van der Waals surface area contributed by atoms with Gasteiger partial charge in [0.25, 0.3) is 0 Å². The van der Waals surface area contributed by atoms with Crippen molar-refractivity contribution in [1.82, 2.24) is 0 Å². The predicted molar refractivity (Wildman–Crippen MR) is 72.2 cm³/mol. The van der Waals surface area contributed by atoms with Gasteiger partial charge in [0.05, 0.1) is 17.5 Å². The molecule has 0 aromatic heterocycles. The average Bonchev–Trinajstić information content (AvgIpc) is 2.71. The van der Waals surface area contributed by atoms with Crippen LogP contribution >= 0.6 is 0 Å². The van der Waals surface area contributed by atoms with E-state index in [1.54, 1.807) is 6.07 Å². The van der Waals surface area contributed by atoms with Crippen molar-refractivity contribution in [3.63, 3.8) is 0 Å². The molecule has 1 fully saturated rings. The maximum Gasteiger partial charge on any atom is 0.238 e. The summed E-state index contributed by atoms with van der Waals surface area (Å²) < 4.78 is 0. The number of anilines is 1. The lowest BCUT2D eigenvalue weighted by Crippen LogP contribution is -2.32. The zero-order valence-corrected chi connectivity index (χ0v) is 10.6. The Morgan fingerprint density at radius 2 is 1.63 bits per heavy atom. The predicted octanol–water partition coefficient (Wildman–Crippen LogP) is 1.60. The fraction of sp³-hybridized carbons (Fsp3) is 0.333. The van der Waals surface area contributed by atoms with Gasteiger partial charge in [-0.2, -0.15) is 0 Å². The molecule has 1 aromatic rings. The Morgan fingerprint density at radius 1 is 1.05 bits per heavy atom. The molecular weight excluding hydrogens is 240 g/mol. The topological polar surface area (TPSA) is 63.4 Å². The molecule has 0 spiro atoms. The van der Waals surface area contributed by atoms with Crippen molar-refractivity contribution < 1.29 is 9.59 Å². The van der Waals surface area contributed by atoms with Crippen molar-refractivity contribution >= 4 is 17.5 Å². The highest BCUT2D eigenvalue weighted by Gasteiger charge is 2.48. The van der Waals surface area contributed by atoms with E-state index < -0.39 is 0 Å². The number of benzene rings is 1. The Labute approximate surface area is 111 Å². The third kappa shape index (κ3) is 1.79. The van der Waals surface area contributed by atoms with Crippen LogP contribution in [-0.2, 0) is 16.1 Å². The molecule has 0 bridgehead atoms. The molecule has 0 saturated carbocycles. The first-order valence-corrected chi connectivity index (χ1v) is 6.55. The molecule has 1 aliphatic carbocycles. The minimum absolute atomic E-state index is 0.0831. The van der Waals surface area contributed by atoms with E-state index >= 15 is 0 Å². The standard InChI is InChI=1S/C15H16N2O2/c16-9-10-5-1-4-8-13(10)17-14(18)11-6-2-3-7-12(11)15(17)19/h1-5,8,11-12H,6-7,9,16H2/t11-,12+. The van der Waals surface area contributed by atoms with Gasteiger partial charge in [0, 0.05) is 6.54 Å². The summed E-state index contributed by atoms with van der Waals surface area (Å²) in [6.45, 7) is 0.320. The molecular formula is C15H16N2O2. The van der Waals surface area contributed by atoms with E-state index in [9.17, 15) is 9.59 Å². The van der Waals surface area contributed by atoms with Gasteiger partial charge in [-0.25, -0.2) is 4.90 Å². The SMILES string of the molecule is NCc1ccccc1N1C(=O)[C@H]2CC=CC[C@H]2C1=O. The van der Waals surface area contributed by atoms with Crippen LogP contribution < -0.4 is 10.6 Å². The third-order valence-electron chi connectivity index (χ3n) is 3.96. The lowest BCUT2D eigenvalue weighted by atomic mass is 9.85. The quantitative estimate of drug-likeness (QED) is 0.645. The van der Waals surface area contributed by atoms with Crippen LogP contribution in [0.25, 0.3) is 0 Å². The average molecular weight is 256 g/mol. The number of nitrogens with zero attached hydrogens (tertiary/aromatic N) is 1. The third-order valence-corrected chi connectivity index (χ3v) is 3.96. The minimum atomic E-state index is -0.191. The number of nitrogens with two attached hydrogens (primary N) is 1. The highest BCUT2D eigenvalue weighted by molar-refractivity contribution is 6.22. The van der Waals surface area contributed by atoms with Gasteiger partial charge in [-0.15, -0.1) is 0 Å². The molecule has 98 valence electrons. The van der Waals surface area contributed by atoms with Crippen molar-refractivity contribution in [3.8, 4) is 0 Å². The van der Waals surface area contributed by atoms with Gasteiger partial charge in [0.2, 0.25) is 11.8 Å². The lowest BCUT2D eigenvalue weighted by Gasteiger charge is -2.18. The molecule has 2 N–H and O–H groups in total. The molecule has 1 aromatic carbocycles. The first kappa shape index (κ1) is 12.1. The van der Waals surface area contributed by atoms with Crippen LogP contribution in [0.5, 0.6) is 0 Å². The maximum atomic E-state index is 12.4. The Balaban J connectivity index is 2.02. The van der Waals surface area contributed by atoms with Crippen molar-refractivity contribution in [3.05, 3.63) is 42.0 Å². The van der Waals surface area contributed by atoms with Crippen LogP contribution in [0.3, 0.4) is 0 Å². The van der Waals surface area contributed by atoms with E-state index in [-0.39, 0.29) is 23.7 Å². The smallest absolute Gasteiger partial charge is 0.238 e. The second kappa shape index (κ2) is 4.63. The van der Waals surface area contributed by atoms with Gasteiger partial charge < -0.3 is 5.73 Å². The number of carbonyl (C=O) groups excluding carboxylic acids is 2. The number of allylic oxidation sites excluding steroid dienone is 2. The van der Waals surface area contributed by atoms with E-state index in [0.717, 1.165) is 5.56 Å². The Bertz CT molecular complexity index is 539. The van der Waals surface area contributed by atoms with E-state index in [1.165, 1.54) is 4.90 Å². The summed E-state index contributed by atoms with van der Waals surface area (Å²) >= 11 is 0. The van der Waals surface area contributed by atoms with Crippen molar-refractivity contribution in [2.24, 2.45) is 17.6 Å². The van der Waals surface area contributed by atoms with Crippen LogP contribution in [0.15, 0.2) is 36.4 Å². The first-order chi connectivity index (χ1) is 9.24. The van der Waals surface area contributed by atoms with Crippen LogP contribution in [0.2, 0.25) is 0 Å². The Hall–Kier alpha value is -1.94.